The van der Waals surface area contributed by atoms with Crippen LogP contribution in [0.25, 0.3) is 5.69 Å². The molecule has 0 atom stereocenters. The Labute approximate surface area is 103 Å². The third-order valence-corrected chi connectivity index (χ3v) is 2.84. The van der Waals surface area contributed by atoms with Crippen LogP contribution in [-0.2, 0) is 12.6 Å². The van der Waals surface area contributed by atoms with Crippen molar-refractivity contribution in [1.82, 2.24) is 9.78 Å². The van der Waals surface area contributed by atoms with E-state index in [-0.39, 0.29) is 0 Å². The first kappa shape index (κ1) is 12.7. The standard InChI is InChI=1S/C13H13F3N2/c1-3-10-8-18(17-9(10)2)12-6-4-11(5-7-12)13(14,15)16/h4-8H,3H2,1-2H3. The van der Waals surface area contributed by atoms with Crippen molar-refractivity contribution < 1.29 is 13.2 Å². The minimum absolute atomic E-state index is 0.630. The number of hydrogen-bond donors (Lipinski definition) is 0. The maximum Gasteiger partial charge on any atom is 0.416 e. The summed E-state index contributed by atoms with van der Waals surface area (Å²) in [5.41, 5.74) is 1.98. The zero-order valence-electron chi connectivity index (χ0n) is 10.1. The van der Waals surface area contributed by atoms with Gasteiger partial charge in [-0.15, -0.1) is 0 Å². The summed E-state index contributed by atoms with van der Waals surface area (Å²) < 4.78 is 38.9. The van der Waals surface area contributed by atoms with Crippen LogP contribution >= 0.6 is 0 Å². The van der Waals surface area contributed by atoms with Gasteiger partial charge in [0.2, 0.25) is 0 Å². The highest BCUT2D eigenvalue weighted by Crippen LogP contribution is 2.29. The Bertz CT molecular complexity index is 538. The molecule has 0 bridgehead atoms. The van der Waals surface area contributed by atoms with E-state index in [2.05, 4.69) is 5.10 Å². The SMILES string of the molecule is CCc1cn(-c2ccc(C(F)(F)F)cc2)nc1C. The van der Waals surface area contributed by atoms with Crippen LogP contribution < -0.4 is 0 Å². The first-order valence-corrected chi connectivity index (χ1v) is 5.64. The minimum Gasteiger partial charge on any atom is -0.240 e. The number of aryl methyl sites for hydroxylation is 2. The topological polar surface area (TPSA) is 17.8 Å². The molecule has 0 aliphatic carbocycles. The number of alkyl halides is 3. The summed E-state index contributed by atoms with van der Waals surface area (Å²) in [5, 5.41) is 4.28. The molecule has 0 unspecified atom stereocenters. The van der Waals surface area contributed by atoms with E-state index in [1.807, 2.05) is 20.0 Å². The molecule has 1 heterocycles. The van der Waals surface area contributed by atoms with Crippen molar-refractivity contribution in [2.75, 3.05) is 0 Å². The van der Waals surface area contributed by atoms with Crippen LogP contribution in [0, 0.1) is 6.92 Å². The fourth-order valence-electron chi connectivity index (χ4n) is 1.78. The molecule has 2 aromatic rings. The molecule has 0 radical (unpaired) electrons. The molecule has 0 N–H and O–H groups in total. The van der Waals surface area contributed by atoms with E-state index in [4.69, 9.17) is 0 Å². The Kier molecular flexibility index (Phi) is 3.15. The molecule has 0 aliphatic rings. The number of rotatable bonds is 2. The summed E-state index contributed by atoms with van der Waals surface area (Å²) in [5.74, 6) is 0. The highest BCUT2D eigenvalue weighted by Gasteiger charge is 2.30. The van der Waals surface area contributed by atoms with Gasteiger partial charge in [-0.1, -0.05) is 6.92 Å². The molecular formula is C13H13F3N2. The van der Waals surface area contributed by atoms with Crippen LogP contribution in [0.3, 0.4) is 0 Å². The van der Waals surface area contributed by atoms with Crippen molar-refractivity contribution in [3.63, 3.8) is 0 Å². The maximum absolute atomic E-state index is 12.4. The van der Waals surface area contributed by atoms with Crippen LogP contribution in [0.2, 0.25) is 0 Å². The molecule has 2 rings (SSSR count). The summed E-state index contributed by atoms with van der Waals surface area (Å²) in [4.78, 5) is 0. The van der Waals surface area contributed by atoms with E-state index >= 15 is 0 Å². The lowest BCUT2D eigenvalue weighted by molar-refractivity contribution is -0.137. The van der Waals surface area contributed by atoms with Gasteiger partial charge in [0.25, 0.3) is 0 Å². The molecule has 0 fully saturated rings. The molecule has 1 aromatic carbocycles. The summed E-state index contributed by atoms with van der Waals surface area (Å²) in [6.45, 7) is 3.90. The van der Waals surface area contributed by atoms with Crippen LogP contribution in [0.5, 0.6) is 0 Å². The zero-order chi connectivity index (χ0) is 13.3. The largest absolute Gasteiger partial charge is 0.416 e. The second-order valence-corrected chi connectivity index (χ2v) is 4.08. The highest BCUT2D eigenvalue weighted by atomic mass is 19.4. The Morgan fingerprint density at radius 1 is 1.17 bits per heavy atom. The second-order valence-electron chi connectivity index (χ2n) is 4.08. The number of halogens is 3. The van der Waals surface area contributed by atoms with E-state index in [0.717, 1.165) is 29.8 Å². The zero-order valence-corrected chi connectivity index (χ0v) is 10.1. The van der Waals surface area contributed by atoms with Gasteiger partial charge in [0.05, 0.1) is 16.9 Å². The van der Waals surface area contributed by atoms with Crippen LogP contribution in [0.4, 0.5) is 13.2 Å². The van der Waals surface area contributed by atoms with Crippen molar-refractivity contribution in [1.29, 1.82) is 0 Å². The second kappa shape index (κ2) is 4.48. The van der Waals surface area contributed by atoms with Gasteiger partial charge in [-0.05, 0) is 43.2 Å². The summed E-state index contributed by atoms with van der Waals surface area (Å²) >= 11 is 0. The first-order chi connectivity index (χ1) is 8.41. The molecular weight excluding hydrogens is 241 g/mol. The van der Waals surface area contributed by atoms with Crippen molar-refractivity contribution in [2.24, 2.45) is 0 Å². The minimum atomic E-state index is -4.30. The van der Waals surface area contributed by atoms with E-state index in [1.165, 1.54) is 12.1 Å². The Balaban J connectivity index is 2.34. The third-order valence-electron chi connectivity index (χ3n) is 2.84. The Hall–Kier alpha value is -1.78. The molecule has 0 saturated heterocycles. The van der Waals surface area contributed by atoms with E-state index in [1.54, 1.807) is 4.68 Å². The molecule has 0 amide bonds. The quantitative estimate of drug-likeness (QED) is 0.797. The number of hydrogen-bond acceptors (Lipinski definition) is 1. The third kappa shape index (κ3) is 2.39. The van der Waals surface area contributed by atoms with Gasteiger partial charge in [0.1, 0.15) is 0 Å². The molecule has 96 valence electrons. The van der Waals surface area contributed by atoms with E-state index < -0.39 is 11.7 Å². The molecule has 1 aromatic heterocycles. The molecule has 0 saturated carbocycles. The van der Waals surface area contributed by atoms with Gasteiger partial charge in [-0.25, -0.2) is 4.68 Å². The highest BCUT2D eigenvalue weighted by molar-refractivity contribution is 5.36. The lowest BCUT2D eigenvalue weighted by Gasteiger charge is -2.07. The number of benzene rings is 1. The smallest absolute Gasteiger partial charge is 0.240 e. The summed E-state index contributed by atoms with van der Waals surface area (Å²) in [6.07, 6.45) is -1.60. The Morgan fingerprint density at radius 2 is 1.78 bits per heavy atom. The monoisotopic (exact) mass is 254 g/mol. The fraction of sp³-hybridized carbons (Fsp3) is 0.308. The average molecular weight is 254 g/mol. The first-order valence-electron chi connectivity index (χ1n) is 5.64. The predicted molar refractivity (Wildman–Crippen MR) is 62.7 cm³/mol. The van der Waals surface area contributed by atoms with Crippen molar-refractivity contribution in [2.45, 2.75) is 26.4 Å². The van der Waals surface area contributed by atoms with Gasteiger partial charge < -0.3 is 0 Å². The van der Waals surface area contributed by atoms with E-state index in [9.17, 15) is 13.2 Å². The number of aromatic nitrogens is 2. The number of nitrogens with zero attached hydrogens (tertiary/aromatic N) is 2. The average Bonchev–Trinajstić information content (AvgIpc) is 2.69. The van der Waals surface area contributed by atoms with Gasteiger partial charge in [-0.3, -0.25) is 0 Å². The lowest BCUT2D eigenvalue weighted by atomic mass is 10.2. The Morgan fingerprint density at radius 3 is 2.22 bits per heavy atom. The van der Waals surface area contributed by atoms with Gasteiger partial charge in [-0.2, -0.15) is 18.3 Å². The molecule has 0 aliphatic heterocycles. The van der Waals surface area contributed by atoms with Crippen LogP contribution in [-0.4, -0.2) is 9.78 Å². The van der Waals surface area contributed by atoms with Crippen molar-refractivity contribution in [3.8, 4) is 5.69 Å². The van der Waals surface area contributed by atoms with Gasteiger partial charge in [0.15, 0.2) is 0 Å². The van der Waals surface area contributed by atoms with Crippen molar-refractivity contribution >= 4 is 0 Å². The van der Waals surface area contributed by atoms with Crippen LogP contribution in [0.15, 0.2) is 30.5 Å². The lowest BCUT2D eigenvalue weighted by Crippen LogP contribution is -2.05. The van der Waals surface area contributed by atoms with Crippen LogP contribution in [0.1, 0.15) is 23.7 Å². The normalized spacial score (nSPS) is 11.8. The van der Waals surface area contributed by atoms with Crippen molar-refractivity contribution in [3.05, 3.63) is 47.3 Å². The van der Waals surface area contributed by atoms with Gasteiger partial charge in [0, 0.05) is 6.20 Å². The summed E-state index contributed by atoms with van der Waals surface area (Å²) in [6, 6.07) is 4.99. The summed E-state index contributed by atoms with van der Waals surface area (Å²) in [7, 11) is 0. The fourth-order valence-corrected chi connectivity index (χ4v) is 1.78. The molecule has 0 spiro atoms. The molecule has 5 heteroatoms. The predicted octanol–water partition coefficient (Wildman–Crippen LogP) is 3.76. The molecule has 18 heavy (non-hydrogen) atoms. The van der Waals surface area contributed by atoms with E-state index in [0.29, 0.717) is 5.69 Å². The maximum atomic E-state index is 12.4. The van der Waals surface area contributed by atoms with Gasteiger partial charge >= 0.3 is 6.18 Å². The molecule has 2 nitrogen and oxygen atoms in total.